The molecule has 196 valence electrons. The quantitative estimate of drug-likeness (QED) is 0.407. The number of nitrogens with one attached hydrogen (secondary N) is 3. The molecule has 4 aliphatic rings. The van der Waals surface area contributed by atoms with Gasteiger partial charge in [0.05, 0.1) is 24.3 Å². The lowest BCUT2D eigenvalue weighted by Crippen LogP contribution is -2.71. The Morgan fingerprint density at radius 1 is 1.09 bits per heavy atom. The van der Waals surface area contributed by atoms with Gasteiger partial charge < -0.3 is 10.5 Å². The molecule has 0 radical (unpaired) electrons. The second-order valence-electron chi connectivity index (χ2n) is 10.5. The highest BCUT2D eigenvalue weighted by Gasteiger charge is 2.47. The highest BCUT2D eigenvalue weighted by molar-refractivity contribution is 5.79. The van der Waals surface area contributed by atoms with Crippen LogP contribution >= 0.6 is 0 Å². The number of primary amides is 1. The Balaban J connectivity index is 1.36. The van der Waals surface area contributed by atoms with E-state index in [9.17, 15) is 18.0 Å². The molecule has 11 heteroatoms. The van der Waals surface area contributed by atoms with Crippen molar-refractivity contribution in [3.8, 4) is 0 Å². The Morgan fingerprint density at radius 3 is 2.44 bits per heavy atom. The third-order valence-electron chi connectivity index (χ3n) is 8.37. The van der Waals surface area contributed by atoms with Gasteiger partial charge >= 0.3 is 6.18 Å². The number of likely N-dealkylation sites (tertiary alicyclic amines) is 1. The number of rotatable bonds is 7. The van der Waals surface area contributed by atoms with E-state index in [4.69, 9.17) is 10.5 Å². The molecule has 1 saturated carbocycles. The Kier molecular flexibility index (Phi) is 8.71. The number of ether oxygens (including phenoxy) is 1. The number of halogens is 4. The van der Waals surface area contributed by atoms with Gasteiger partial charge in [0.15, 0.2) is 6.17 Å². The van der Waals surface area contributed by atoms with Gasteiger partial charge in [-0.25, -0.2) is 4.39 Å². The minimum absolute atomic E-state index is 0.0814. The molecule has 4 rings (SSSR count). The molecule has 4 unspecified atom stereocenters. The number of carbonyl (C=O) groups excluding carboxylic acids is 1. The maximum Gasteiger partial charge on any atom is 0.391 e. The van der Waals surface area contributed by atoms with E-state index in [1.807, 2.05) is 0 Å². The molecule has 0 aromatic carbocycles. The van der Waals surface area contributed by atoms with Crippen LogP contribution in [0, 0.1) is 17.8 Å². The maximum atomic E-state index is 15.8. The molecule has 1 amide bonds. The molecule has 5 atom stereocenters. The zero-order valence-corrected chi connectivity index (χ0v) is 19.7. The highest BCUT2D eigenvalue weighted by atomic mass is 19.4. The van der Waals surface area contributed by atoms with Crippen molar-refractivity contribution in [3.05, 3.63) is 0 Å². The van der Waals surface area contributed by atoms with Crippen molar-refractivity contribution in [3.63, 3.8) is 0 Å². The van der Waals surface area contributed by atoms with E-state index in [0.717, 1.165) is 32.2 Å². The Bertz CT molecular complexity index is 670. The Hall–Kier alpha value is -1.01. The first kappa shape index (κ1) is 26.1. The van der Waals surface area contributed by atoms with Gasteiger partial charge in [-0.2, -0.15) is 13.2 Å². The third-order valence-corrected chi connectivity index (χ3v) is 8.37. The molecular formula is C23H39F4N5O2. The Labute approximate surface area is 198 Å². The minimum Gasteiger partial charge on any atom is -0.381 e. The number of carbonyl (C=O) groups is 1. The van der Waals surface area contributed by atoms with Gasteiger partial charge in [0.2, 0.25) is 5.91 Å². The molecule has 0 aromatic rings. The average Bonchev–Trinajstić information content (AvgIpc) is 3.29. The van der Waals surface area contributed by atoms with Crippen LogP contribution in [0.2, 0.25) is 0 Å². The van der Waals surface area contributed by atoms with E-state index in [0.29, 0.717) is 45.1 Å². The SMILES string of the molecule is NC(=O)[C@@H](CC1CCOCC1)NC1NCNC(N2CCCC2C2CCC(C(F)(F)F)CC2)C1F. The summed E-state index contributed by atoms with van der Waals surface area (Å²) in [5.74, 6) is -1.23. The fraction of sp³-hybridized carbons (Fsp3) is 0.957. The van der Waals surface area contributed by atoms with Gasteiger partial charge in [-0.1, -0.05) is 0 Å². The summed E-state index contributed by atoms with van der Waals surface area (Å²) in [6.45, 7) is 2.42. The lowest BCUT2D eigenvalue weighted by Gasteiger charge is -2.45. The molecule has 3 aliphatic heterocycles. The van der Waals surface area contributed by atoms with E-state index in [1.165, 1.54) is 0 Å². The van der Waals surface area contributed by atoms with Crippen LogP contribution < -0.4 is 21.7 Å². The molecule has 4 fully saturated rings. The summed E-state index contributed by atoms with van der Waals surface area (Å²) in [5.41, 5.74) is 5.65. The topological polar surface area (TPSA) is 91.7 Å². The van der Waals surface area contributed by atoms with Crippen molar-refractivity contribution in [2.45, 2.75) is 94.6 Å². The number of hydrogen-bond donors (Lipinski definition) is 4. The molecule has 7 nitrogen and oxygen atoms in total. The molecule has 1 aliphatic carbocycles. The van der Waals surface area contributed by atoms with Gasteiger partial charge in [0.1, 0.15) is 0 Å². The zero-order valence-electron chi connectivity index (χ0n) is 19.7. The lowest BCUT2D eigenvalue weighted by atomic mass is 9.77. The number of nitrogens with zero attached hydrogens (tertiary/aromatic N) is 1. The first-order valence-corrected chi connectivity index (χ1v) is 12.8. The number of hydrogen-bond acceptors (Lipinski definition) is 6. The van der Waals surface area contributed by atoms with E-state index >= 15 is 4.39 Å². The van der Waals surface area contributed by atoms with Gasteiger partial charge in [0, 0.05) is 32.5 Å². The zero-order chi connectivity index (χ0) is 24.3. The fourth-order valence-electron chi connectivity index (χ4n) is 6.43. The molecule has 0 aromatic heterocycles. The van der Waals surface area contributed by atoms with E-state index in [2.05, 4.69) is 20.9 Å². The van der Waals surface area contributed by atoms with Crippen LogP contribution in [0.3, 0.4) is 0 Å². The summed E-state index contributed by atoms with van der Waals surface area (Å²) in [7, 11) is 0. The lowest BCUT2D eigenvalue weighted by molar-refractivity contribution is -0.185. The monoisotopic (exact) mass is 493 g/mol. The summed E-state index contributed by atoms with van der Waals surface area (Å²) in [4.78, 5) is 14.2. The molecule has 3 saturated heterocycles. The van der Waals surface area contributed by atoms with Crippen LogP contribution in [-0.4, -0.2) is 74.0 Å². The van der Waals surface area contributed by atoms with Crippen LogP contribution in [0.4, 0.5) is 17.6 Å². The largest absolute Gasteiger partial charge is 0.391 e. The summed E-state index contributed by atoms with van der Waals surface area (Å²) < 4.78 is 60.4. The number of nitrogens with two attached hydrogens (primary N) is 1. The van der Waals surface area contributed by atoms with E-state index in [-0.39, 0.29) is 24.8 Å². The van der Waals surface area contributed by atoms with Crippen molar-refractivity contribution >= 4 is 5.91 Å². The second kappa shape index (κ2) is 11.4. The minimum atomic E-state index is -4.12. The fourth-order valence-corrected chi connectivity index (χ4v) is 6.43. The van der Waals surface area contributed by atoms with E-state index in [1.54, 1.807) is 0 Å². The molecule has 3 heterocycles. The summed E-state index contributed by atoms with van der Waals surface area (Å²) in [6, 6.07) is -0.553. The van der Waals surface area contributed by atoms with Crippen molar-refractivity contribution in [1.29, 1.82) is 0 Å². The molecule has 34 heavy (non-hydrogen) atoms. The van der Waals surface area contributed by atoms with Crippen LogP contribution in [0.1, 0.15) is 57.8 Å². The summed E-state index contributed by atoms with van der Waals surface area (Å²) in [6.07, 6.45) is -1.30. The predicted molar refractivity (Wildman–Crippen MR) is 119 cm³/mol. The van der Waals surface area contributed by atoms with Crippen molar-refractivity contribution < 1.29 is 27.1 Å². The maximum absolute atomic E-state index is 15.8. The highest BCUT2D eigenvalue weighted by Crippen LogP contribution is 2.43. The van der Waals surface area contributed by atoms with Gasteiger partial charge in [-0.05, 0) is 69.6 Å². The standard InChI is InChI=1S/C23H39F4N5O2/c24-19-21(31-17(20(28)33)12-14-7-10-34-11-8-14)29-13-30-22(19)32-9-1-2-18(32)15-3-5-16(6-4-15)23(25,26)27/h14-19,21-22,29-31H,1-13H2,(H2,28,33)/t15?,16?,17-,18?,19?,21?,22?/m1/s1. The van der Waals surface area contributed by atoms with Crippen molar-refractivity contribution in [1.82, 2.24) is 20.9 Å². The number of amides is 1. The molecule has 0 bridgehead atoms. The first-order chi connectivity index (χ1) is 16.2. The smallest absolute Gasteiger partial charge is 0.381 e. The van der Waals surface area contributed by atoms with Gasteiger partial charge in [-0.3, -0.25) is 25.6 Å². The van der Waals surface area contributed by atoms with Crippen LogP contribution in [0.25, 0.3) is 0 Å². The third kappa shape index (κ3) is 6.21. The number of alkyl halides is 4. The normalized spacial score (nSPS) is 37.5. The summed E-state index contributed by atoms with van der Waals surface area (Å²) in [5, 5.41) is 9.42. The van der Waals surface area contributed by atoms with Gasteiger partial charge in [-0.15, -0.1) is 0 Å². The predicted octanol–water partition coefficient (Wildman–Crippen LogP) is 2.22. The van der Waals surface area contributed by atoms with Crippen molar-refractivity contribution in [2.24, 2.45) is 23.5 Å². The summed E-state index contributed by atoms with van der Waals surface area (Å²) >= 11 is 0. The van der Waals surface area contributed by atoms with Crippen LogP contribution in [0.15, 0.2) is 0 Å². The second-order valence-corrected chi connectivity index (χ2v) is 10.5. The van der Waals surface area contributed by atoms with Crippen molar-refractivity contribution in [2.75, 3.05) is 26.4 Å². The molecule has 0 spiro atoms. The Morgan fingerprint density at radius 2 is 1.79 bits per heavy atom. The molecule has 5 N–H and O–H groups in total. The van der Waals surface area contributed by atoms with E-state index < -0.39 is 42.5 Å². The molecular weight excluding hydrogens is 454 g/mol. The van der Waals surface area contributed by atoms with Crippen LogP contribution in [0.5, 0.6) is 0 Å². The van der Waals surface area contributed by atoms with Gasteiger partial charge in [0.25, 0.3) is 0 Å². The van der Waals surface area contributed by atoms with Crippen LogP contribution in [-0.2, 0) is 9.53 Å². The average molecular weight is 494 g/mol. The first-order valence-electron chi connectivity index (χ1n) is 12.8.